The summed E-state index contributed by atoms with van der Waals surface area (Å²) >= 11 is 0. The van der Waals surface area contributed by atoms with E-state index in [1.807, 2.05) is 53.1 Å². The Morgan fingerprint density at radius 1 is 0.967 bits per heavy atom. The van der Waals surface area contributed by atoms with Gasteiger partial charge in [0.25, 0.3) is 0 Å². The Bertz CT molecular complexity index is 1100. The van der Waals surface area contributed by atoms with Gasteiger partial charge in [-0.15, -0.1) is 0 Å². The van der Waals surface area contributed by atoms with Gasteiger partial charge >= 0.3 is 0 Å². The van der Waals surface area contributed by atoms with Crippen LogP contribution < -0.4 is 4.74 Å². The third-order valence-corrected chi connectivity index (χ3v) is 5.18. The Morgan fingerprint density at radius 2 is 1.67 bits per heavy atom. The Morgan fingerprint density at radius 3 is 2.40 bits per heavy atom. The normalized spacial score (nSPS) is 12.2. The van der Waals surface area contributed by atoms with Crippen LogP contribution in [-0.4, -0.2) is 27.4 Å². The van der Waals surface area contributed by atoms with Crippen LogP contribution in [0.5, 0.6) is 5.75 Å². The Hall–Kier alpha value is -3.18. The molecule has 0 radical (unpaired) electrons. The van der Waals surface area contributed by atoms with Gasteiger partial charge in [0, 0.05) is 6.42 Å². The van der Waals surface area contributed by atoms with Gasteiger partial charge in [-0.05, 0) is 53.9 Å². The Kier molecular flexibility index (Phi) is 6.10. The van der Waals surface area contributed by atoms with Crippen molar-refractivity contribution < 1.29 is 14.2 Å². The van der Waals surface area contributed by atoms with Crippen molar-refractivity contribution in [2.45, 2.75) is 32.4 Å². The zero-order valence-electron chi connectivity index (χ0n) is 17.0. The molecule has 4 nitrogen and oxygen atoms in total. The minimum absolute atomic E-state index is 0.188. The molecule has 0 spiro atoms. The van der Waals surface area contributed by atoms with Crippen molar-refractivity contribution in [3.8, 4) is 5.75 Å². The zero-order valence-corrected chi connectivity index (χ0v) is 17.0. The lowest BCUT2D eigenvalue weighted by molar-refractivity contribution is 0.0928. The van der Waals surface area contributed by atoms with Crippen molar-refractivity contribution in [2.24, 2.45) is 0 Å². The largest absolute Gasteiger partial charge is 0.491 e. The fourth-order valence-electron chi connectivity index (χ4n) is 3.53. The minimum atomic E-state index is -0.694. The quantitative estimate of drug-likeness (QED) is 0.460. The van der Waals surface area contributed by atoms with Gasteiger partial charge in [-0.3, -0.25) is 0 Å². The number of aryl methyl sites for hydroxylation is 1. The molecule has 1 heterocycles. The molecule has 1 N–H and O–H groups in total. The highest BCUT2D eigenvalue weighted by Crippen LogP contribution is 2.20. The maximum absolute atomic E-state index is 13.2. The number of hydrogen-bond donors (Lipinski definition) is 1. The van der Waals surface area contributed by atoms with Crippen LogP contribution in [0.4, 0.5) is 4.39 Å². The molecule has 154 valence electrons. The van der Waals surface area contributed by atoms with Gasteiger partial charge in [0.15, 0.2) is 0 Å². The molecule has 5 heteroatoms. The van der Waals surface area contributed by atoms with E-state index in [9.17, 15) is 9.50 Å². The average Bonchev–Trinajstić information content (AvgIpc) is 3.11. The first-order valence-corrected chi connectivity index (χ1v) is 10.2. The second-order valence-corrected chi connectivity index (χ2v) is 7.39. The second-order valence-electron chi connectivity index (χ2n) is 7.39. The number of fused-ring (bicyclic) bond motifs is 1. The van der Waals surface area contributed by atoms with Crippen LogP contribution in [0.3, 0.4) is 0 Å². The Balaban J connectivity index is 1.50. The van der Waals surface area contributed by atoms with E-state index < -0.39 is 6.10 Å². The first-order valence-electron chi connectivity index (χ1n) is 10.2. The van der Waals surface area contributed by atoms with Crippen molar-refractivity contribution in [3.63, 3.8) is 0 Å². The number of hydrogen-bond acceptors (Lipinski definition) is 3. The summed E-state index contributed by atoms with van der Waals surface area (Å²) in [6.45, 7) is 2.66. The first kappa shape index (κ1) is 20.1. The predicted molar refractivity (Wildman–Crippen MR) is 116 cm³/mol. The van der Waals surface area contributed by atoms with Gasteiger partial charge in [-0.2, -0.15) is 0 Å². The number of aliphatic hydroxyl groups is 1. The molecule has 1 atom stereocenters. The summed E-state index contributed by atoms with van der Waals surface area (Å²) in [6, 6.07) is 22.2. The molecule has 0 bridgehead atoms. The van der Waals surface area contributed by atoms with E-state index in [4.69, 9.17) is 9.72 Å². The highest BCUT2D eigenvalue weighted by atomic mass is 19.1. The molecule has 0 aliphatic heterocycles. The number of halogens is 1. The maximum Gasteiger partial charge on any atom is 0.123 e. The molecular weight excluding hydrogens is 379 g/mol. The van der Waals surface area contributed by atoms with Crippen molar-refractivity contribution in [2.75, 3.05) is 6.61 Å². The number of imidazole rings is 1. The van der Waals surface area contributed by atoms with E-state index in [0.29, 0.717) is 13.0 Å². The number of para-hydroxylation sites is 2. The third kappa shape index (κ3) is 4.69. The van der Waals surface area contributed by atoms with Gasteiger partial charge in [-0.1, -0.05) is 43.3 Å². The Labute approximate surface area is 175 Å². The summed E-state index contributed by atoms with van der Waals surface area (Å²) < 4.78 is 21.0. The number of ether oxygens (including phenoxy) is 1. The van der Waals surface area contributed by atoms with E-state index in [1.54, 1.807) is 12.1 Å². The lowest BCUT2D eigenvalue weighted by Crippen LogP contribution is -2.24. The van der Waals surface area contributed by atoms with E-state index in [2.05, 4.69) is 6.92 Å². The van der Waals surface area contributed by atoms with Crippen molar-refractivity contribution >= 4 is 11.0 Å². The summed E-state index contributed by atoms with van der Waals surface area (Å²) in [5, 5.41) is 10.6. The molecule has 0 aliphatic rings. The third-order valence-electron chi connectivity index (χ3n) is 5.18. The van der Waals surface area contributed by atoms with E-state index in [0.717, 1.165) is 34.6 Å². The topological polar surface area (TPSA) is 47.3 Å². The molecule has 4 rings (SSSR count). The van der Waals surface area contributed by atoms with Crippen LogP contribution >= 0.6 is 0 Å². The molecule has 0 fully saturated rings. The molecular formula is C25H25FN2O2. The smallest absolute Gasteiger partial charge is 0.123 e. The molecule has 4 aromatic rings. The van der Waals surface area contributed by atoms with E-state index in [-0.39, 0.29) is 12.4 Å². The molecule has 30 heavy (non-hydrogen) atoms. The summed E-state index contributed by atoms with van der Waals surface area (Å²) in [6.07, 6.45) is 0.842. The summed E-state index contributed by atoms with van der Waals surface area (Å²) in [4.78, 5) is 4.74. The van der Waals surface area contributed by atoms with Crippen LogP contribution in [0.15, 0.2) is 72.8 Å². The van der Waals surface area contributed by atoms with Gasteiger partial charge in [0.2, 0.25) is 0 Å². The standard InChI is InChI=1S/C25H25FN2O2/c1-2-18-9-13-22(14-10-18)30-17-21(29)16-28-24-6-4-3-5-23(24)27-25(28)15-19-7-11-20(26)12-8-19/h3-14,21,29H,2,15-17H2,1H3. The maximum atomic E-state index is 13.2. The lowest BCUT2D eigenvalue weighted by atomic mass is 10.1. The highest BCUT2D eigenvalue weighted by molar-refractivity contribution is 5.76. The molecule has 0 amide bonds. The van der Waals surface area contributed by atoms with E-state index >= 15 is 0 Å². The molecule has 3 aromatic carbocycles. The summed E-state index contributed by atoms with van der Waals surface area (Å²) in [5.41, 5.74) is 4.05. The minimum Gasteiger partial charge on any atom is -0.491 e. The number of rotatable bonds is 8. The number of benzene rings is 3. The number of aliphatic hydroxyl groups excluding tert-OH is 1. The van der Waals surface area contributed by atoms with Gasteiger partial charge < -0.3 is 14.4 Å². The highest BCUT2D eigenvalue weighted by Gasteiger charge is 2.15. The fourth-order valence-corrected chi connectivity index (χ4v) is 3.53. The van der Waals surface area contributed by atoms with Crippen LogP contribution in [-0.2, 0) is 19.4 Å². The molecule has 1 aromatic heterocycles. The average molecular weight is 404 g/mol. The zero-order chi connectivity index (χ0) is 20.9. The van der Waals surface area contributed by atoms with Crippen molar-refractivity contribution in [1.82, 2.24) is 9.55 Å². The summed E-state index contributed by atoms with van der Waals surface area (Å²) in [5.74, 6) is 1.31. The molecule has 0 saturated carbocycles. The SMILES string of the molecule is CCc1ccc(OCC(O)Cn2c(Cc3ccc(F)cc3)nc3ccccc32)cc1. The van der Waals surface area contributed by atoms with Crippen LogP contribution in [0.1, 0.15) is 23.9 Å². The monoisotopic (exact) mass is 404 g/mol. The van der Waals surface area contributed by atoms with Crippen LogP contribution in [0.25, 0.3) is 11.0 Å². The molecule has 1 unspecified atom stereocenters. The fraction of sp³-hybridized carbons (Fsp3) is 0.240. The molecule has 0 saturated heterocycles. The predicted octanol–water partition coefficient (Wildman–Crippen LogP) is 4.77. The van der Waals surface area contributed by atoms with Crippen LogP contribution in [0, 0.1) is 5.82 Å². The van der Waals surface area contributed by atoms with Crippen molar-refractivity contribution in [1.29, 1.82) is 0 Å². The van der Waals surface area contributed by atoms with E-state index in [1.165, 1.54) is 17.7 Å². The lowest BCUT2D eigenvalue weighted by Gasteiger charge is -2.16. The van der Waals surface area contributed by atoms with Crippen molar-refractivity contribution in [3.05, 3.63) is 95.6 Å². The number of nitrogens with zero attached hydrogens (tertiary/aromatic N) is 2. The van der Waals surface area contributed by atoms with Gasteiger partial charge in [-0.25, -0.2) is 9.37 Å². The van der Waals surface area contributed by atoms with Gasteiger partial charge in [0.1, 0.15) is 30.1 Å². The molecule has 0 aliphatic carbocycles. The second kappa shape index (κ2) is 9.09. The van der Waals surface area contributed by atoms with Crippen LogP contribution in [0.2, 0.25) is 0 Å². The first-order chi connectivity index (χ1) is 14.6. The number of aromatic nitrogens is 2. The van der Waals surface area contributed by atoms with Gasteiger partial charge in [0.05, 0.1) is 17.6 Å². The summed E-state index contributed by atoms with van der Waals surface area (Å²) in [7, 11) is 0.